The van der Waals surface area contributed by atoms with Gasteiger partial charge >= 0.3 is 0 Å². The summed E-state index contributed by atoms with van der Waals surface area (Å²) in [6.07, 6.45) is 0. The Morgan fingerprint density at radius 3 is 2.66 bits per heavy atom. The van der Waals surface area contributed by atoms with Crippen LogP contribution in [0.25, 0.3) is 16.9 Å². The van der Waals surface area contributed by atoms with Crippen molar-refractivity contribution in [2.45, 2.75) is 13.8 Å². The lowest BCUT2D eigenvalue weighted by Crippen LogP contribution is -2.12. The van der Waals surface area contributed by atoms with Crippen molar-refractivity contribution >= 4 is 22.9 Å². The molecule has 0 aliphatic rings. The highest BCUT2D eigenvalue weighted by Gasteiger charge is 2.14. The van der Waals surface area contributed by atoms with Gasteiger partial charge in [-0.3, -0.25) is 14.9 Å². The summed E-state index contributed by atoms with van der Waals surface area (Å²) in [5, 5.41) is 26.3. The third-order valence-corrected chi connectivity index (χ3v) is 4.49. The highest BCUT2D eigenvalue weighted by atomic mass is 16.6. The first kappa shape index (κ1) is 18.2. The fraction of sp³-hybridized carbons (Fsp3) is 0.100. The van der Waals surface area contributed by atoms with Crippen molar-refractivity contribution in [3.05, 3.63) is 81.7 Å². The summed E-state index contributed by atoms with van der Waals surface area (Å²) in [6.45, 7) is 3.42. The number of nitro groups is 1. The molecule has 0 spiro atoms. The first-order chi connectivity index (χ1) is 13.9. The summed E-state index contributed by atoms with van der Waals surface area (Å²) in [5.41, 5.74) is 3.53. The summed E-state index contributed by atoms with van der Waals surface area (Å²) < 4.78 is 1.65. The second-order valence-electron chi connectivity index (χ2n) is 6.53. The molecule has 144 valence electrons. The molecule has 1 N–H and O–H groups in total. The molecule has 0 saturated carbocycles. The Balaban J connectivity index is 1.60. The maximum absolute atomic E-state index is 12.6. The van der Waals surface area contributed by atoms with Crippen LogP contribution in [0, 0.1) is 24.0 Å². The quantitative estimate of drug-likeness (QED) is 0.422. The van der Waals surface area contributed by atoms with Crippen LogP contribution < -0.4 is 5.32 Å². The third kappa shape index (κ3) is 3.53. The zero-order chi connectivity index (χ0) is 20.5. The molecule has 0 aliphatic heterocycles. The van der Waals surface area contributed by atoms with E-state index in [1.165, 1.54) is 18.2 Å². The minimum absolute atomic E-state index is 0.0192. The number of nitrogens with zero attached hydrogens (tertiary/aromatic N) is 5. The van der Waals surface area contributed by atoms with E-state index < -0.39 is 4.92 Å². The van der Waals surface area contributed by atoms with E-state index in [1.807, 2.05) is 37.3 Å². The molecule has 9 heteroatoms. The predicted molar refractivity (Wildman–Crippen MR) is 107 cm³/mol. The van der Waals surface area contributed by atoms with Gasteiger partial charge in [-0.15, -0.1) is 10.2 Å². The molecule has 2 aromatic carbocycles. The number of hydrogen-bond donors (Lipinski definition) is 1. The summed E-state index contributed by atoms with van der Waals surface area (Å²) in [6, 6.07) is 15.2. The van der Waals surface area contributed by atoms with Crippen LogP contribution in [0.4, 0.5) is 11.4 Å². The number of nitro benzene ring substituents is 1. The SMILES string of the molecule is Cc1cc(C(=O)Nc2cccc(-c3ccc4nnc(C)n4n3)c2)ccc1[N+](=O)[O-]. The van der Waals surface area contributed by atoms with Crippen molar-refractivity contribution < 1.29 is 9.72 Å². The number of carbonyl (C=O) groups excluding carboxylic acids is 1. The van der Waals surface area contributed by atoms with E-state index in [9.17, 15) is 14.9 Å². The summed E-state index contributed by atoms with van der Waals surface area (Å²) in [4.78, 5) is 23.0. The number of hydrogen-bond acceptors (Lipinski definition) is 6. The Morgan fingerprint density at radius 1 is 1.07 bits per heavy atom. The highest BCUT2D eigenvalue weighted by molar-refractivity contribution is 6.04. The van der Waals surface area contributed by atoms with Gasteiger partial charge in [0.1, 0.15) is 0 Å². The molecular formula is C20H16N6O3. The smallest absolute Gasteiger partial charge is 0.272 e. The molecule has 0 fully saturated rings. The van der Waals surface area contributed by atoms with Crippen LogP contribution in [0.15, 0.2) is 54.6 Å². The predicted octanol–water partition coefficient (Wildman–Crippen LogP) is 3.57. The fourth-order valence-corrected chi connectivity index (χ4v) is 3.01. The number of carbonyl (C=O) groups is 1. The Hall–Kier alpha value is -4.14. The maximum atomic E-state index is 12.6. The average molecular weight is 388 g/mol. The van der Waals surface area contributed by atoms with Gasteiger partial charge in [0.15, 0.2) is 11.5 Å². The van der Waals surface area contributed by atoms with Crippen molar-refractivity contribution in [3.63, 3.8) is 0 Å². The van der Waals surface area contributed by atoms with Crippen LogP contribution in [0.2, 0.25) is 0 Å². The molecule has 9 nitrogen and oxygen atoms in total. The van der Waals surface area contributed by atoms with E-state index in [-0.39, 0.29) is 11.6 Å². The van der Waals surface area contributed by atoms with Gasteiger partial charge in [-0.2, -0.15) is 9.61 Å². The van der Waals surface area contributed by atoms with Crippen molar-refractivity contribution in [3.8, 4) is 11.3 Å². The molecule has 0 radical (unpaired) electrons. The lowest BCUT2D eigenvalue weighted by Gasteiger charge is -2.08. The average Bonchev–Trinajstić information content (AvgIpc) is 3.08. The number of amides is 1. The normalized spacial score (nSPS) is 10.8. The number of anilines is 1. The van der Waals surface area contributed by atoms with Crippen molar-refractivity contribution in [1.29, 1.82) is 0 Å². The van der Waals surface area contributed by atoms with Gasteiger partial charge in [0.05, 0.1) is 10.6 Å². The van der Waals surface area contributed by atoms with Crippen molar-refractivity contribution in [2.24, 2.45) is 0 Å². The summed E-state index contributed by atoms with van der Waals surface area (Å²) >= 11 is 0. The van der Waals surface area contributed by atoms with Crippen LogP contribution >= 0.6 is 0 Å². The standard InChI is InChI=1S/C20H16N6O3/c1-12-10-15(6-8-18(12)26(28)29)20(27)21-16-5-3-4-14(11-16)17-7-9-19-23-22-13(2)25(19)24-17/h3-11H,1-2H3,(H,21,27). The van der Waals surface area contributed by atoms with E-state index in [4.69, 9.17) is 0 Å². The molecule has 29 heavy (non-hydrogen) atoms. The number of aryl methyl sites for hydroxylation is 2. The van der Waals surface area contributed by atoms with Crippen molar-refractivity contribution in [2.75, 3.05) is 5.32 Å². The zero-order valence-corrected chi connectivity index (χ0v) is 15.7. The van der Waals surface area contributed by atoms with Crippen LogP contribution in [-0.4, -0.2) is 30.6 Å². The third-order valence-electron chi connectivity index (χ3n) is 4.49. The Bertz CT molecular complexity index is 1260. The van der Waals surface area contributed by atoms with Crippen molar-refractivity contribution in [1.82, 2.24) is 19.8 Å². The number of benzene rings is 2. The summed E-state index contributed by atoms with van der Waals surface area (Å²) in [7, 11) is 0. The molecule has 0 aliphatic carbocycles. The van der Waals surface area contributed by atoms with Gasteiger partial charge in [-0.05, 0) is 50.2 Å². The largest absolute Gasteiger partial charge is 0.322 e. The van der Waals surface area contributed by atoms with E-state index in [1.54, 1.807) is 17.5 Å². The molecule has 0 unspecified atom stereocenters. The number of nitrogens with one attached hydrogen (secondary N) is 1. The van der Waals surface area contributed by atoms with E-state index in [0.717, 1.165) is 5.56 Å². The Kier molecular flexibility index (Phi) is 4.47. The fourth-order valence-electron chi connectivity index (χ4n) is 3.01. The van der Waals surface area contributed by atoms with E-state index in [0.29, 0.717) is 34.0 Å². The molecular weight excluding hydrogens is 372 g/mol. The number of rotatable bonds is 4. The number of fused-ring (bicyclic) bond motifs is 1. The lowest BCUT2D eigenvalue weighted by molar-refractivity contribution is -0.385. The van der Waals surface area contributed by atoms with Gasteiger partial charge in [-0.1, -0.05) is 12.1 Å². The molecule has 0 bridgehead atoms. The maximum Gasteiger partial charge on any atom is 0.272 e. The van der Waals surface area contributed by atoms with Gasteiger partial charge in [-0.25, -0.2) is 0 Å². The zero-order valence-electron chi connectivity index (χ0n) is 15.7. The Morgan fingerprint density at radius 2 is 1.90 bits per heavy atom. The minimum atomic E-state index is -0.470. The topological polar surface area (TPSA) is 115 Å². The van der Waals surface area contributed by atoms with Gasteiger partial charge < -0.3 is 5.32 Å². The first-order valence-electron chi connectivity index (χ1n) is 8.78. The molecule has 4 rings (SSSR count). The lowest BCUT2D eigenvalue weighted by atomic mass is 10.1. The summed E-state index contributed by atoms with van der Waals surface area (Å²) in [5.74, 6) is 0.332. The highest BCUT2D eigenvalue weighted by Crippen LogP contribution is 2.23. The van der Waals surface area contributed by atoms with E-state index in [2.05, 4.69) is 20.6 Å². The van der Waals surface area contributed by atoms with Crippen LogP contribution in [0.5, 0.6) is 0 Å². The molecule has 2 heterocycles. The molecule has 0 atom stereocenters. The van der Waals surface area contributed by atoms with Crippen LogP contribution in [-0.2, 0) is 0 Å². The van der Waals surface area contributed by atoms with Crippen LogP contribution in [0.3, 0.4) is 0 Å². The molecule has 2 aromatic heterocycles. The van der Waals surface area contributed by atoms with Gasteiger partial charge in [0.2, 0.25) is 0 Å². The minimum Gasteiger partial charge on any atom is -0.322 e. The van der Waals surface area contributed by atoms with Gasteiger partial charge in [0.25, 0.3) is 11.6 Å². The molecule has 0 saturated heterocycles. The molecule has 1 amide bonds. The van der Waals surface area contributed by atoms with E-state index >= 15 is 0 Å². The molecule has 4 aromatic rings. The second-order valence-corrected chi connectivity index (χ2v) is 6.53. The second kappa shape index (κ2) is 7.12. The first-order valence-corrected chi connectivity index (χ1v) is 8.78. The Labute approximate surface area is 165 Å². The van der Waals surface area contributed by atoms with Crippen LogP contribution in [0.1, 0.15) is 21.7 Å². The monoisotopic (exact) mass is 388 g/mol. The van der Waals surface area contributed by atoms with Gasteiger partial charge in [0, 0.05) is 28.4 Å². The number of aromatic nitrogens is 4.